The van der Waals surface area contributed by atoms with Crippen molar-refractivity contribution >= 4 is 0 Å². The second-order valence-electron chi connectivity index (χ2n) is 2.83. The highest BCUT2D eigenvalue weighted by molar-refractivity contribution is 5.10. The minimum Gasteiger partial charge on any atom is -0.0842 e. The summed E-state index contributed by atoms with van der Waals surface area (Å²) in [6.45, 7) is 0. The van der Waals surface area contributed by atoms with E-state index in [1.165, 1.54) is 0 Å². The molecule has 0 heterocycles. The highest BCUT2D eigenvalue weighted by Crippen LogP contribution is 1.95. The minimum absolute atomic E-state index is 0.981. The van der Waals surface area contributed by atoms with Gasteiger partial charge in [-0.1, -0.05) is 54.7 Å². The summed E-state index contributed by atoms with van der Waals surface area (Å²) in [5.74, 6) is 0. The quantitative estimate of drug-likeness (QED) is 0.520. The van der Waals surface area contributed by atoms with E-state index < -0.39 is 0 Å². The van der Waals surface area contributed by atoms with Crippen LogP contribution in [0.5, 0.6) is 0 Å². The fourth-order valence-corrected chi connectivity index (χ4v) is 1.01. The molecule has 0 unspecified atom stereocenters. The molecule has 0 aromatic heterocycles. The van der Waals surface area contributed by atoms with Crippen molar-refractivity contribution in [3.63, 3.8) is 0 Å². The maximum absolute atomic E-state index is 3.08. The topological polar surface area (TPSA) is 0 Å². The van der Waals surface area contributed by atoms with E-state index in [0.29, 0.717) is 0 Å². The van der Waals surface area contributed by atoms with Crippen molar-refractivity contribution in [2.75, 3.05) is 0 Å². The molecule has 0 nitrogen and oxygen atoms in total. The Morgan fingerprint density at radius 1 is 0.769 bits per heavy atom. The third kappa shape index (κ3) is 5.92. The van der Waals surface area contributed by atoms with Crippen LogP contribution in [0.1, 0.15) is 19.3 Å². The Bertz CT molecular complexity index is 249. The van der Waals surface area contributed by atoms with E-state index in [1.807, 2.05) is 18.2 Å². The van der Waals surface area contributed by atoms with Crippen LogP contribution < -0.4 is 0 Å². The average Bonchev–Trinajstić information content (AvgIpc) is 2.18. The summed E-state index contributed by atoms with van der Waals surface area (Å²) in [7, 11) is 0. The number of hydrogen-bond donors (Lipinski definition) is 0. The van der Waals surface area contributed by atoms with Crippen LogP contribution in [0.4, 0.5) is 0 Å². The average molecular weight is 171 g/mol. The minimum atomic E-state index is 0.981. The molecule has 0 N–H and O–H groups in total. The van der Waals surface area contributed by atoms with E-state index in [4.69, 9.17) is 0 Å². The zero-order valence-corrected chi connectivity index (χ0v) is 7.82. The monoisotopic (exact) mass is 171 g/mol. The molecule has 0 saturated carbocycles. The summed E-state index contributed by atoms with van der Waals surface area (Å²) < 4.78 is 0. The molecule has 1 aliphatic rings. The lowest BCUT2D eigenvalue weighted by molar-refractivity contribution is 1.05. The summed E-state index contributed by atoms with van der Waals surface area (Å²) in [6.07, 6.45) is 25.0. The van der Waals surface area contributed by atoms with Crippen molar-refractivity contribution in [1.29, 1.82) is 0 Å². The molecule has 0 spiro atoms. The molecule has 67 valence electrons. The fourth-order valence-electron chi connectivity index (χ4n) is 1.01. The van der Waals surface area contributed by atoms with Gasteiger partial charge in [0.05, 0.1) is 0 Å². The summed E-state index contributed by atoms with van der Waals surface area (Å²) in [4.78, 5) is 0. The van der Waals surface area contributed by atoms with E-state index in [2.05, 4.69) is 42.5 Å². The molecule has 1 rings (SSSR count). The predicted molar refractivity (Wildman–Crippen MR) is 58.2 cm³/mol. The van der Waals surface area contributed by atoms with Gasteiger partial charge in [0.25, 0.3) is 0 Å². The molecule has 1 aliphatic carbocycles. The Morgan fingerprint density at radius 2 is 1.54 bits per heavy atom. The Morgan fingerprint density at radius 3 is 2.46 bits per heavy atom. The first-order chi connectivity index (χ1) is 6.50. The Kier molecular flexibility index (Phi) is 5.54. The van der Waals surface area contributed by atoms with Gasteiger partial charge < -0.3 is 0 Å². The Labute approximate surface area is 80.7 Å². The first kappa shape index (κ1) is 9.79. The zero-order chi connectivity index (χ0) is 9.19. The van der Waals surface area contributed by atoms with Crippen LogP contribution in [-0.2, 0) is 0 Å². The van der Waals surface area contributed by atoms with Crippen molar-refractivity contribution in [3.05, 3.63) is 60.8 Å². The summed E-state index contributed by atoms with van der Waals surface area (Å²) in [5, 5.41) is 0. The molecule has 0 aromatic rings. The molecular formula is C13H15. The maximum Gasteiger partial charge on any atom is -0.0163 e. The molecule has 0 aliphatic heterocycles. The van der Waals surface area contributed by atoms with E-state index in [1.54, 1.807) is 0 Å². The highest BCUT2D eigenvalue weighted by atomic mass is 13.8. The lowest BCUT2D eigenvalue weighted by Crippen LogP contribution is -1.62. The smallest absolute Gasteiger partial charge is 0.0163 e. The Balaban J connectivity index is 2.49. The molecule has 13 heavy (non-hydrogen) atoms. The number of allylic oxidation sites excluding steroid dienone is 10. The Hall–Kier alpha value is -1.30. The summed E-state index contributed by atoms with van der Waals surface area (Å²) in [5.41, 5.74) is 0. The first-order valence-corrected chi connectivity index (χ1v) is 4.71. The lowest BCUT2D eigenvalue weighted by Gasteiger charge is -1.83. The second-order valence-corrected chi connectivity index (χ2v) is 2.83. The van der Waals surface area contributed by atoms with Crippen molar-refractivity contribution in [1.82, 2.24) is 0 Å². The van der Waals surface area contributed by atoms with Crippen LogP contribution in [0.25, 0.3) is 0 Å². The predicted octanol–water partition coefficient (Wildman–Crippen LogP) is 3.75. The summed E-state index contributed by atoms with van der Waals surface area (Å²) >= 11 is 0. The van der Waals surface area contributed by atoms with Gasteiger partial charge >= 0.3 is 0 Å². The van der Waals surface area contributed by atoms with Gasteiger partial charge in [0.2, 0.25) is 0 Å². The van der Waals surface area contributed by atoms with Crippen molar-refractivity contribution in [2.24, 2.45) is 0 Å². The van der Waals surface area contributed by atoms with E-state index in [-0.39, 0.29) is 0 Å². The molecule has 0 atom stereocenters. The van der Waals surface area contributed by atoms with Crippen LogP contribution in [0.2, 0.25) is 0 Å². The van der Waals surface area contributed by atoms with Gasteiger partial charge in [-0.15, -0.1) is 0 Å². The zero-order valence-electron chi connectivity index (χ0n) is 7.82. The van der Waals surface area contributed by atoms with Crippen molar-refractivity contribution in [3.8, 4) is 0 Å². The van der Waals surface area contributed by atoms with Crippen LogP contribution in [-0.4, -0.2) is 0 Å². The normalized spacial score (nSPS) is 17.8. The first-order valence-electron chi connectivity index (χ1n) is 4.71. The van der Waals surface area contributed by atoms with Gasteiger partial charge in [-0.05, 0) is 25.3 Å². The molecule has 0 fully saturated rings. The van der Waals surface area contributed by atoms with Crippen LogP contribution in [0, 0.1) is 6.08 Å². The number of rotatable bonds is 0. The van der Waals surface area contributed by atoms with Gasteiger partial charge in [-0.3, -0.25) is 0 Å². The molecule has 0 bridgehead atoms. The second kappa shape index (κ2) is 7.35. The highest BCUT2D eigenvalue weighted by Gasteiger charge is 1.75. The van der Waals surface area contributed by atoms with Crippen LogP contribution >= 0.6 is 0 Å². The van der Waals surface area contributed by atoms with Gasteiger partial charge in [0, 0.05) is 0 Å². The molecular weight excluding hydrogens is 156 g/mol. The number of hydrogen-bond acceptors (Lipinski definition) is 0. The van der Waals surface area contributed by atoms with Gasteiger partial charge in [-0.25, -0.2) is 0 Å². The molecule has 0 heteroatoms. The maximum atomic E-state index is 3.08. The van der Waals surface area contributed by atoms with Crippen LogP contribution in [0.15, 0.2) is 54.7 Å². The van der Waals surface area contributed by atoms with Gasteiger partial charge in [0.1, 0.15) is 0 Å². The third-order valence-corrected chi connectivity index (χ3v) is 1.70. The summed E-state index contributed by atoms with van der Waals surface area (Å²) in [6, 6.07) is 0. The fraction of sp³-hybridized carbons (Fsp3) is 0.231. The third-order valence-electron chi connectivity index (χ3n) is 1.70. The largest absolute Gasteiger partial charge is 0.0842 e. The van der Waals surface area contributed by atoms with Gasteiger partial charge in [-0.2, -0.15) is 0 Å². The van der Waals surface area contributed by atoms with Crippen LogP contribution in [0.3, 0.4) is 0 Å². The molecule has 0 amide bonds. The van der Waals surface area contributed by atoms with Crippen molar-refractivity contribution in [2.45, 2.75) is 19.3 Å². The van der Waals surface area contributed by atoms with E-state index in [9.17, 15) is 0 Å². The molecule has 0 saturated heterocycles. The van der Waals surface area contributed by atoms with E-state index >= 15 is 0 Å². The van der Waals surface area contributed by atoms with Crippen molar-refractivity contribution < 1.29 is 0 Å². The molecule has 0 aromatic carbocycles. The standard InChI is InChI=1S/C13H15/c1-2-4-6-8-10-12-13-11-9-7-5-3-1/h1-4,7,9-10,12-13H,5-6,8H2. The van der Waals surface area contributed by atoms with E-state index in [0.717, 1.165) is 19.3 Å². The molecule has 1 radical (unpaired) electrons. The van der Waals surface area contributed by atoms with Gasteiger partial charge in [0.15, 0.2) is 0 Å². The lowest BCUT2D eigenvalue weighted by atomic mass is 10.2. The SMILES string of the molecule is [C]1=CC=CCCC=CC=CCC=C1.